The van der Waals surface area contributed by atoms with Gasteiger partial charge in [0.05, 0.1) is 6.54 Å². The van der Waals surface area contributed by atoms with Gasteiger partial charge in [-0.3, -0.25) is 9.69 Å². The molecule has 3 N–H and O–H groups in total. The van der Waals surface area contributed by atoms with E-state index in [0.717, 1.165) is 13.0 Å². The maximum Gasteiger partial charge on any atom is 0.240 e. The highest BCUT2D eigenvalue weighted by Crippen LogP contribution is 2.09. The number of nitrogens with two attached hydrogens (primary N) is 1. The second-order valence-corrected chi connectivity index (χ2v) is 4.16. The van der Waals surface area contributed by atoms with Gasteiger partial charge in [0.1, 0.15) is 0 Å². The van der Waals surface area contributed by atoms with Crippen molar-refractivity contribution in [3.8, 4) is 0 Å². The molecule has 1 rings (SSSR count). The van der Waals surface area contributed by atoms with E-state index in [-0.39, 0.29) is 5.91 Å². The van der Waals surface area contributed by atoms with Crippen LogP contribution in [0.25, 0.3) is 0 Å². The third-order valence-corrected chi connectivity index (χ3v) is 2.52. The van der Waals surface area contributed by atoms with E-state index in [1.54, 1.807) is 6.20 Å². The number of aromatic nitrogens is 1. The van der Waals surface area contributed by atoms with Gasteiger partial charge < -0.3 is 11.1 Å². The Morgan fingerprint density at radius 3 is 3.13 bits per heavy atom. The predicted octanol–water partition coefficient (Wildman–Crippen LogP) is 0.362. The van der Waals surface area contributed by atoms with Gasteiger partial charge in [-0.25, -0.2) is 4.98 Å². The molecule has 84 valence electrons. The first-order chi connectivity index (χ1) is 7.22. The van der Waals surface area contributed by atoms with Crippen molar-refractivity contribution >= 4 is 22.4 Å². The van der Waals surface area contributed by atoms with Crippen molar-refractivity contribution < 1.29 is 4.79 Å². The normalized spacial score (nSPS) is 10.6. The quantitative estimate of drug-likeness (QED) is 0.737. The van der Waals surface area contributed by atoms with E-state index < -0.39 is 0 Å². The van der Waals surface area contributed by atoms with Crippen molar-refractivity contribution in [1.29, 1.82) is 0 Å². The summed E-state index contributed by atoms with van der Waals surface area (Å²) in [5, 5.41) is 5.20. The Morgan fingerprint density at radius 2 is 2.53 bits per heavy atom. The molecule has 0 saturated carbocycles. The van der Waals surface area contributed by atoms with Gasteiger partial charge in [0.2, 0.25) is 5.91 Å². The molecule has 0 bridgehead atoms. The van der Waals surface area contributed by atoms with Gasteiger partial charge in [-0.15, -0.1) is 11.3 Å². The maximum absolute atomic E-state index is 11.5. The van der Waals surface area contributed by atoms with Crippen LogP contribution in [0.2, 0.25) is 0 Å². The summed E-state index contributed by atoms with van der Waals surface area (Å²) in [4.78, 5) is 17.4. The van der Waals surface area contributed by atoms with Crippen LogP contribution in [0.3, 0.4) is 0 Å². The van der Waals surface area contributed by atoms with E-state index in [2.05, 4.69) is 10.3 Å². The molecule has 0 aromatic carbocycles. The minimum absolute atomic E-state index is 0.0375. The first kappa shape index (κ1) is 12.1. The molecule has 0 fully saturated rings. The van der Waals surface area contributed by atoms with E-state index in [9.17, 15) is 4.79 Å². The Labute approximate surface area is 93.3 Å². The number of nitrogens with one attached hydrogen (secondary N) is 1. The second-order valence-electron chi connectivity index (χ2n) is 3.27. The molecule has 0 aliphatic carbocycles. The van der Waals surface area contributed by atoms with Crippen LogP contribution in [0.5, 0.6) is 0 Å². The third kappa shape index (κ3) is 4.87. The Morgan fingerprint density at radius 1 is 1.73 bits per heavy atom. The molecule has 1 aromatic rings. The van der Waals surface area contributed by atoms with E-state index in [1.807, 2.05) is 17.3 Å². The number of likely N-dealkylation sites (N-methyl/N-ethyl adjacent to an activating group) is 1. The van der Waals surface area contributed by atoms with Crippen molar-refractivity contribution in [2.24, 2.45) is 5.73 Å². The summed E-state index contributed by atoms with van der Waals surface area (Å²) in [5.74, 6) is -0.0375. The van der Waals surface area contributed by atoms with Gasteiger partial charge in [-0.05, 0) is 26.6 Å². The van der Waals surface area contributed by atoms with Crippen molar-refractivity contribution in [3.63, 3.8) is 0 Å². The molecule has 0 radical (unpaired) electrons. The summed E-state index contributed by atoms with van der Waals surface area (Å²) >= 11 is 1.41. The van der Waals surface area contributed by atoms with Gasteiger partial charge in [-0.1, -0.05) is 0 Å². The highest BCUT2D eigenvalue weighted by atomic mass is 32.1. The summed E-state index contributed by atoms with van der Waals surface area (Å²) < 4.78 is 0. The summed E-state index contributed by atoms with van der Waals surface area (Å²) in [7, 11) is 1.90. The molecule has 0 aliphatic rings. The van der Waals surface area contributed by atoms with Gasteiger partial charge in [0, 0.05) is 11.6 Å². The number of amides is 1. The highest BCUT2D eigenvalue weighted by molar-refractivity contribution is 7.13. The molecular formula is C9H16N4OS. The molecule has 0 spiro atoms. The second kappa shape index (κ2) is 6.49. The van der Waals surface area contributed by atoms with Crippen LogP contribution in [0.15, 0.2) is 11.6 Å². The van der Waals surface area contributed by atoms with Crippen molar-refractivity contribution in [3.05, 3.63) is 11.6 Å². The number of thiazole rings is 1. The average Bonchev–Trinajstić information content (AvgIpc) is 2.67. The lowest BCUT2D eigenvalue weighted by atomic mass is 10.4. The minimum Gasteiger partial charge on any atom is -0.330 e. The van der Waals surface area contributed by atoms with E-state index in [4.69, 9.17) is 5.73 Å². The number of anilines is 1. The minimum atomic E-state index is -0.0375. The standard InChI is InChI=1S/C9H16N4OS/c1-13(5-2-3-10)7-8(14)12-9-11-4-6-15-9/h4,6H,2-3,5,7,10H2,1H3,(H,11,12,14). The van der Waals surface area contributed by atoms with Crippen LogP contribution >= 0.6 is 11.3 Å². The molecule has 1 amide bonds. The van der Waals surface area contributed by atoms with E-state index in [1.165, 1.54) is 11.3 Å². The maximum atomic E-state index is 11.5. The topological polar surface area (TPSA) is 71.2 Å². The Bertz CT molecular complexity index is 288. The zero-order valence-corrected chi connectivity index (χ0v) is 9.59. The van der Waals surface area contributed by atoms with Crippen LogP contribution in [0.1, 0.15) is 6.42 Å². The molecule has 1 heterocycles. The zero-order valence-electron chi connectivity index (χ0n) is 8.77. The summed E-state index contributed by atoms with van der Waals surface area (Å²) in [6, 6.07) is 0. The molecule has 15 heavy (non-hydrogen) atoms. The number of hydrogen-bond acceptors (Lipinski definition) is 5. The van der Waals surface area contributed by atoms with Crippen LogP contribution in [0, 0.1) is 0 Å². The number of nitrogens with zero attached hydrogens (tertiary/aromatic N) is 2. The lowest BCUT2D eigenvalue weighted by Crippen LogP contribution is -2.31. The van der Waals surface area contributed by atoms with Gasteiger partial charge in [0.15, 0.2) is 5.13 Å². The lowest BCUT2D eigenvalue weighted by Gasteiger charge is -2.14. The summed E-state index contributed by atoms with van der Waals surface area (Å²) in [6.45, 7) is 1.86. The van der Waals surface area contributed by atoms with Crippen LogP contribution < -0.4 is 11.1 Å². The van der Waals surface area contributed by atoms with Crippen molar-refractivity contribution in [1.82, 2.24) is 9.88 Å². The van der Waals surface area contributed by atoms with Gasteiger partial charge >= 0.3 is 0 Å². The molecule has 1 aromatic heterocycles. The molecule has 0 atom stereocenters. The first-order valence-electron chi connectivity index (χ1n) is 4.80. The number of carbonyl (C=O) groups excluding carboxylic acids is 1. The van der Waals surface area contributed by atoms with Gasteiger partial charge in [0.25, 0.3) is 0 Å². The molecule has 5 nitrogen and oxygen atoms in total. The Balaban J connectivity index is 2.23. The smallest absolute Gasteiger partial charge is 0.240 e. The number of rotatable bonds is 6. The Kier molecular flexibility index (Phi) is 5.23. The lowest BCUT2D eigenvalue weighted by molar-refractivity contribution is -0.117. The number of carbonyl (C=O) groups is 1. The third-order valence-electron chi connectivity index (χ3n) is 1.84. The first-order valence-corrected chi connectivity index (χ1v) is 5.68. The van der Waals surface area contributed by atoms with Crippen LogP contribution in [-0.2, 0) is 4.79 Å². The van der Waals surface area contributed by atoms with Crippen LogP contribution in [-0.4, -0.2) is 42.5 Å². The molecular weight excluding hydrogens is 212 g/mol. The Hall–Kier alpha value is -0.980. The monoisotopic (exact) mass is 228 g/mol. The van der Waals surface area contributed by atoms with Crippen molar-refractivity contribution in [2.75, 3.05) is 32.0 Å². The van der Waals surface area contributed by atoms with Crippen LogP contribution in [0.4, 0.5) is 5.13 Å². The molecule has 6 heteroatoms. The zero-order chi connectivity index (χ0) is 11.1. The van der Waals surface area contributed by atoms with Crippen molar-refractivity contribution in [2.45, 2.75) is 6.42 Å². The summed E-state index contributed by atoms with van der Waals surface area (Å²) in [6.07, 6.45) is 2.57. The van der Waals surface area contributed by atoms with E-state index in [0.29, 0.717) is 18.2 Å². The van der Waals surface area contributed by atoms with E-state index >= 15 is 0 Å². The highest BCUT2D eigenvalue weighted by Gasteiger charge is 2.07. The molecule has 0 saturated heterocycles. The SMILES string of the molecule is CN(CCCN)CC(=O)Nc1nccs1. The summed E-state index contributed by atoms with van der Waals surface area (Å²) in [5.41, 5.74) is 5.38. The van der Waals surface area contributed by atoms with Gasteiger partial charge in [-0.2, -0.15) is 0 Å². The molecule has 0 unspecified atom stereocenters. The average molecular weight is 228 g/mol. The fourth-order valence-corrected chi connectivity index (χ4v) is 1.67. The largest absolute Gasteiger partial charge is 0.330 e. The fraction of sp³-hybridized carbons (Fsp3) is 0.556. The fourth-order valence-electron chi connectivity index (χ4n) is 1.13. The molecule has 0 aliphatic heterocycles. The predicted molar refractivity (Wildman–Crippen MR) is 61.9 cm³/mol. The number of hydrogen-bond donors (Lipinski definition) is 2.